The van der Waals surface area contributed by atoms with Crippen LogP contribution in [0, 0.1) is 6.92 Å². The molecule has 0 aliphatic rings. The van der Waals surface area contributed by atoms with Crippen LogP contribution < -0.4 is 0 Å². The van der Waals surface area contributed by atoms with E-state index in [-0.39, 0.29) is 0 Å². The molecule has 1 nitrogen and oxygen atoms in total. The highest BCUT2D eigenvalue weighted by molar-refractivity contribution is 7.12. The van der Waals surface area contributed by atoms with Crippen molar-refractivity contribution in [3.63, 3.8) is 0 Å². The molecule has 3 heteroatoms. The van der Waals surface area contributed by atoms with Gasteiger partial charge in [-0.2, -0.15) is 0 Å². The zero-order chi connectivity index (χ0) is 22.9. The van der Waals surface area contributed by atoms with Gasteiger partial charge in [0.2, 0.25) is 0 Å². The molecule has 3 heterocycles. The fraction of sp³-hybridized carbons (Fsp3) is 0.0323. The molecule has 0 spiro atoms. The summed E-state index contributed by atoms with van der Waals surface area (Å²) in [5, 5.41) is 4.66. The zero-order valence-corrected chi connectivity index (χ0v) is 20.4. The molecule has 0 aliphatic carbocycles. The first kappa shape index (κ1) is 20.9. The molecule has 6 rings (SSSR count). The van der Waals surface area contributed by atoms with E-state index in [0.29, 0.717) is 0 Å². The number of fused-ring (bicyclic) bond motifs is 3. The van der Waals surface area contributed by atoms with E-state index in [1.807, 2.05) is 11.3 Å². The van der Waals surface area contributed by atoms with Crippen LogP contribution in [-0.4, -0.2) is 4.57 Å². The SMILES string of the molecule is Cc1ccc(/C=C/c2ccc3c(c2)c2cc(/C=C/c4cccs4)ccc2n3-c2ccccc2)s1. The number of para-hydroxylation sites is 1. The number of aromatic nitrogens is 1. The highest BCUT2D eigenvalue weighted by Gasteiger charge is 2.12. The first-order chi connectivity index (χ1) is 16.7. The van der Waals surface area contributed by atoms with Gasteiger partial charge in [0.25, 0.3) is 0 Å². The molecular weight excluding hydrogens is 450 g/mol. The van der Waals surface area contributed by atoms with Gasteiger partial charge >= 0.3 is 0 Å². The van der Waals surface area contributed by atoms with E-state index < -0.39 is 0 Å². The molecule has 3 aromatic carbocycles. The van der Waals surface area contributed by atoms with Crippen molar-refractivity contribution in [1.82, 2.24) is 4.57 Å². The lowest BCUT2D eigenvalue weighted by Crippen LogP contribution is -1.92. The second-order valence-electron chi connectivity index (χ2n) is 8.35. The van der Waals surface area contributed by atoms with Gasteiger partial charge in [0.1, 0.15) is 0 Å². The second-order valence-corrected chi connectivity index (χ2v) is 10.7. The van der Waals surface area contributed by atoms with E-state index in [1.54, 1.807) is 11.3 Å². The summed E-state index contributed by atoms with van der Waals surface area (Å²) < 4.78 is 2.37. The normalized spacial score (nSPS) is 12.0. The summed E-state index contributed by atoms with van der Waals surface area (Å²) in [7, 11) is 0. The number of aryl methyl sites for hydroxylation is 1. The average Bonchev–Trinajstić information content (AvgIpc) is 3.61. The quantitative estimate of drug-likeness (QED) is 0.235. The smallest absolute Gasteiger partial charge is 0.0541 e. The van der Waals surface area contributed by atoms with Crippen molar-refractivity contribution >= 4 is 68.8 Å². The van der Waals surface area contributed by atoms with Crippen LogP contribution in [0.15, 0.2) is 96.4 Å². The van der Waals surface area contributed by atoms with Gasteiger partial charge in [-0.05, 0) is 90.2 Å². The largest absolute Gasteiger partial charge is 0.309 e. The maximum Gasteiger partial charge on any atom is 0.0541 e. The van der Waals surface area contributed by atoms with Crippen molar-refractivity contribution in [2.75, 3.05) is 0 Å². The van der Waals surface area contributed by atoms with Gasteiger partial charge in [-0.15, -0.1) is 22.7 Å². The maximum atomic E-state index is 2.37. The van der Waals surface area contributed by atoms with E-state index in [4.69, 9.17) is 0 Å². The first-order valence-corrected chi connectivity index (χ1v) is 13.0. The molecule has 6 aromatic rings. The lowest BCUT2D eigenvalue weighted by Gasteiger charge is -2.07. The van der Waals surface area contributed by atoms with Crippen molar-refractivity contribution < 1.29 is 0 Å². The molecule has 0 atom stereocenters. The number of nitrogens with zero attached hydrogens (tertiary/aromatic N) is 1. The van der Waals surface area contributed by atoms with Crippen LogP contribution in [-0.2, 0) is 0 Å². The van der Waals surface area contributed by atoms with Gasteiger partial charge in [-0.25, -0.2) is 0 Å². The standard InChI is InChI=1S/C31H23NS2/c1-22-9-14-27(34-22)16-11-24-13-18-31-29(21-24)28-20-23(10-15-26-8-5-19-33-26)12-17-30(28)32(31)25-6-3-2-4-7-25/h2-21H,1H3/b15-10+,16-11+. The van der Waals surface area contributed by atoms with Crippen LogP contribution in [0.25, 0.3) is 51.8 Å². The molecule has 0 amide bonds. The number of rotatable bonds is 5. The summed E-state index contributed by atoms with van der Waals surface area (Å²) in [5.41, 5.74) is 6.06. The zero-order valence-electron chi connectivity index (χ0n) is 18.8. The number of thiophene rings is 2. The van der Waals surface area contributed by atoms with E-state index in [2.05, 4.69) is 132 Å². The van der Waals surface area contributed by atoms with Crippen LogP contribution in [0.4, 0.5) is 0 Å². The van der Waals surface area contributed by atoms with Crippen LogP contribution in [0.5, 0.6) is 0 Å². The van der Waals surface area contributed by atoms with Crippen LogP contribution >= 0.6 is 22.7 Å². The molecular formula is C31H23NS2. The first-order valence-electron chi connectivity index (χ1n) is 11.3. The molecule has 164 valence electrons. The second kappa shape index (κ2) is 8.94. The Bertz CT molecular complexity index is 1640. The van der Waals surface area contributed by atoms with E-state index in [1.165, 1.54) is 53.3 Å². The molecule has 0 bridgehead atoms. The van der Waals surface area contributed by atoms with Crippen molar-refractivity contribution in [1.29, 1.82) is 0 Å². The molecule has 0 N–H and O–H groups in total. The molecule has 0 saturated heterocycles. The van der Waals surface area contributed by atoms with Gasteiger partial charge < -0.3 is 4.57 Å². The lowest BCUT2D eigenvalue weighted by molar-refractivity contribution is 1.18. The average molecular weight is 474 g/mol. The Hall–Kier alpha value is -3.66. The van der Waals surface area contributed by atoms with Crippen LogP contribution in [0.3, 0.4) is 0 Å². The van der Waals surface area contributed by atoms with E-state index >= 15 is 0 Å². The number of hydrogen-bond donors (Lipinski definition) is 0. The Morgan fingerprint density at radius 2 is 1.29 bits per heavy atom. The Morgan fingerprint density at radius 1 is 0.618 bits per heavy atom. The van der Waals surface area contributed by atoms with Crippen molar-refractivity contribution in [3.8, 4) is 5.69 Å². The molecule has 3 aromatic heterocycles. The minimum absolute atomic E-state index is 1.18. The Kier molecular flexibility index (Phi) is 5.50. The summed E-state index contributed by atoms with van der Waals surface area (Å²) in [6.07, 6.45) is 8.83. The molecule has 0 radical (unpaired) electrons. The van der Waals surface area contributed by atoms with Gasteiger partial charge in [0.15, 0.2) is 0 Å². The summed E-state index contributed by atoms with van der Waals surface area (Å²) >= 11 is 3.58. The lowest BCUT2D eigenvalue weighted by atomic mass is 10.1. The Morgan fingerprint density at radius 3 is 1.88 bits per heavy atom. The van der Waals surface area contributed by atoms with Crippen LogP contribution in [0.1, 0.15) is 25.8 Å². The molecule has 0 unspecified atom stereocenters. The Balaban J connectivity index is 1.51. The third-order valence-electron chi connectivity index (χ3n) is 6.01. The predicted octanol–water partition coefficient (Wildman–Crippen LogP) is 9.56. The maximum absolute atomic E-state index is 2.37. The van der Waals surface area contributed by atoms with Gasteiger partial charge in [0, 0.05) is 31.1 Å². The Labute approximate surface area is 207 Å². The minimum Gasteiger partial charge on any atom is -0.309 e. The van der Waals surface area contributed by atoms with Gasteiger partial charge in [-0.3, -0.25) is 0 Å². The molecule has 0 aliphatic heterocycles. The highest BCUT2D eigenvalue weighted by atomic mass is 32.1. The van der Waals surface area contributed by atoms with Crippen molar-refractivity contribution in [2.45, 2.75) is 6.92 Å². The monoisotopic (exact) mass is 473 g/mol. The third-order valence-corrected chi connectivity index (χ3v) is 7.82. The summed E-state index contributed by atoms with van der Waals surface area (Å²) in [5.74, 6) is 0. The summed E-state index contributed by atoms with van der Waals surface area (Å²) in [6.45, 7) is 2.15. The fourth-order valence-electron chi connectivity index (χ4n) is 4.41. The van der Waals surface area contributed by atoms with Crippen molar-refractivity contribution in [2.24, 2.45) is 0 Å². The highest BCUT2D eigenvalue weighted by Crippen LogP contribution is 2.34. The summed E-state index contributed by atoms with van der Waals surface area (Å²) in [4.78, 5) is 3.89. The van der Waals surface area contributed by atoms with Crippen LogP contribution in [0.2, 0.25) is 0 Å². The molecule has 34 heavy (non-hydrogen) atoms. The minimum atomic E-state index is 1.18. The third kappa shape index (κ3) is 4.05. The number of benzene rings is 3. The molecule has 0 saturated carbocycles. The van der Waals surface area contributed by atoms with Gasteiger partial charge in [0.05, 0.1) is 11.0 Å². The van der Waals surface area contributed by atoms with Gasteiger partial charge in [-0.1, -0.05) is 48.6 Å². The predicted molar refractivity (Wildman–Crippen MR) is 152 cm³/mol. The number of hydrogen-bond acceptors (Lipinski definition) is 2. The summed E-state index contributed by atoms with van der Waals surface area (Å²) in [6, 6.07) is 32.8. The fourth-order valence-corrected chi connectivity index (χ4v) is 5.80. The van der Waals surface area contributed by atoms with E-state index in [9.17, 15) is 0 Å². The van der Waals surface area contributed by atoms with Crippen molar-refractivity contribution in [3.05, 3.63) is 122 Å². The topological polar surface area (TPSA) is 4.93 Å². The van der Waals surface area contributed by atoms with E-state index in [0.717, 1.165) is 0 Å². The molecule has 0 fully saturated rings.